The molecule has 2 aromatic carbocycles. The molecule has 1 aromatic heterocycles. The van der Waals surface area contributed by atoms with Gasteiger partial charge in [-0.25, -0.2) is 4.68 Å². The molecule has 1 aliphatic rings. The summed E-state index contributed by atoms with van der Waals surface area (Å²) < 4.78 is 1.53. The summed E-state index contributed by atoms with van der Waals surface area (Å²) in [4.78, 5) is 37.0. The molecule has 0 bridgehead atoms. The molecule has 0 spiro atoms. The van der Waals surface area contributed by atoms with Gasteiger partial charge in [-0.15, -0.1) is 5.10 Å². The maximum atomic E-state index is 12.4. The number of hydrogen-bond donors (Lipinski definition) is 1. The summed E-state index contributed by atoms with van der Waals surface area (Å²) in [7, 11) is 0. The van der Waals surface area contributed by atoms with Crippen LogP contribution in [0.5, 0.6) is 0 Å². The van der Waals surface area contributed by atoms with Crippen LogP contribution in [0.3, 0.4) is 0 Å². The number of nitrogens with zero attached hydrogens (tertiary/aromatic N) is 4. The first kappa shape index (κ1) is 17.6. The second kappa shape index (κ2) is 7.43. The summed E-state index contributed by atoms with van der Waals surface area (Å²) in [6, 6.07) is 16.4. The Morgan fingerprint density at radius 2 is 1.64 bits per heavy atom. The highest BCUT2D eigenvalue weighted by atomic mass is 16.2. The van der Waals surface area contributed by atoms with Crippen LogP contribution >= 0.6 is 0 Å². The zero-order chi connectivity index (χ0) is 19.5. The fourth-order valence-electron chi connectivity index (χ4n) is 2.95. The molecule has 28 heavy (non-hydrogen) atoms. The first-order valence-electron chi connectivity index (χ1n) is 8.81. The Balaban J connectivity index is 1.40. The van der Waals surface area contributed by atoms with Crippen LogP contribution in [0.25, 0.3) is 5.69 Å². The first-order valence-corrected chi connectivity index (χ1v) is 8.81. The highest BCUT2D eigenvalue weighted by Gasteiger charge is 2.28. The summed E-state index contributed by atoms with van der Waals surface area (Å²) in [6.07, 6.45) is 2.11. The molecule has 4 rings (SSSR count). The minimum Gasteiger partial charge on any atom is -0.321 e. The summed E-state index contributed by atoms with van der Waals surface area (Å²) in [5.41, 5.74) is 2.41. The van der Waals surface area contributed by atoms with Crippen molar-refractivity contribution >= 4 is 23.4 Å². The number of carbonyl (C=O) groups is 3. The van der Waals surface area contributed by atoms with Crippen LogP contribution in [0.2, 0.25) is 0 Å². The summed E-state index contributed by atoms with van der Waals surface area (Å²) in [6.45, 7) is 0.247. The SMILES string of the molecule is O=C(Nc1ccc(CN2C(=O)CCC2=O)cc1)c1cn(-c2ccccc2)nn1. The molecule has 140 valence electrons. The molecule has 0 unspecified atom stereocenters. The number of rotatable bonds is 5. The number of amides is 3. The van der Waals surface area contributed by atoms with Gasteiger partial charge in [0, 0.05) is 18.5 Å². The number of para-hydroxylation sites is 1. The maximum absolute atomic E-state index is 12.4. The molecule has 0 radical (unpaired) electrons. The lowest BCUT2D eigenvalue weighted by atomic mass is 10.2. The van der Waals surface area contributed by atoms with Gasteiger partial charge in [-0.2, -0.15) is 0 Å². The van der Waals surface area contributed by atoms with Crippen LogP contribution in [-0.2, 0) is 16.1 Å². The van der Waals surface area contributed by atoms with Gasteiger partial charge in [-0.1, -0.05) is 35.5 Å². The number of aromatic nitrogens is 3. The van der Waals surface area contributed by atoms with Gasteiger partial charge in [0.05, 0.1) is 18.4 Å². The number of hydrogen-bond acceptors (Lipinski definition) is 5. The van der Waals surface area contributed by atoms with Crippen LogP contribution in [-0.4, -0.2) is 37.6 Å². The number of carbonyl (C=O) groups excluding carboxylic acids is 3. The lowest BCUT2D eigenvalue weighted by Crippen LogP contribution is -2.28. The Bertz CT molecular complexity index is 1010. The molecule has 0 atom stereocenters. The van der Waals surface area contributed by atoms with E-state index in [1.807, 2.05) is 30.3 Å². The Morgan fingerprint density at radius 1 is 0.964 bits per heavy atom. The van der Waals surface area contributed by atoms with E-state index in [4.69, 9.17) is 0 Å². The second-order valence-corrected chi connectivity index (χ2v) is 6.41. The van der Waals surface area contributed by atoms with Crippen molar-refractivity contribution in [2.24, 2.45) is 0 Å². The van der Waals surface area contributed by atoms with E-state index in [2.05, 4.69) is 15.6 Å². The van der Waals surface area contributed by atoms with Gasteiger partial charge in [0.15, 0.2) is 5.69 Å². The van der Waals surface area contributed by atoms with Crippen molar-refractivity contribution < 1.29 is 14.4 Å². The van der Waals surface area contributed by atoms with Gasteiger partial charge in [-0.3, -0.25) is 19.3 Å². The standard InChI is InChI=1S/C20H17N5O3/c26-18-10-11-19(27)24(18)12-14-6-8-15(9-7-14)21-20(28)17-13-25(23-22-17)16-4-2-1-3-5-16/h1-9,13H,10-12H2,(H,21,28). The van der Waals surface area contributed by atoms with Crippen LogP contribution in [0.15, 0.2) is 60.8 Å². The Morgan fingerprint density at radius 3 is 2.32 bits per heavy atom. The van der Waals surface area contributed by atoms with E-state index < -0.39 is 0 Å². The minimum absolute atomic E-state index is 0.149. The van der Waals surface area contributed by atoms with E-state index >= 15 is 0 Å². The third-order valence-corrected chi connectivity index (χ3v) is 4.45. The topological polar surface area (TPSA) is 97.2 Å². The Hall–Kier alpha value is -3.81. The molecule has 0 saturated carbocycles. The summed E-state index contributed by atoms with van der Waals surface area (Å²) in [5, 5.41) is 10.6. The molecular weight excluding hydrogens is 358 g/mol. The lowest BCUT2D eigenvalue weighted by molar-refractivity contribution is -0.139. The van der Waals surface area contributed by atoms with Crippen LogP contribution in [0.4, 0.5) is 5.69 Å². The Kier molecular flexibility index (Phi) is 4.67. The predicted molar refractivity (Wildman–Crippen MR) is 101 cm³/mol. The van der Waals surface area contributed by atoms with Crippen LogP contribution < -0.4 is 5.32 Å². The zero-order valence-electron chi connectivity index (χ0n) is 14.9. The van der Waals surface area contributed by atoms with Gasteiger partial charge in [-0.05, 0) is 29.8 Å². The average Bonchev–Trinajstić information content (AvgIpc) is 3.33. The van der Waals surface area contributed by atoms with E-state index in [0.29, 0.717) is 5.69 Å². The summed E-state index contributed by atoms with van der Waals surface area (Å²) >= 11 is 0. The highest BCUT2D eigenvalue weighted by Crippen LogP contribution is 2.18. The number of nitrogens with one attached hydrogen (secondary N) is 1. The van der Waals surface area contributed by atoms with Crippen LogP contribution in [0, 0.1) is 0 Å². The monoisotopic (exact) mass is 375 g/mol. The minimum atomic E-state index is -0.375. The maximum Gasteiger partial charge on any atom is 0.277 e. The lowest BCUT2D eigenvalue weighted by Gasteiger charge is -2.14. The molecule has 1 saturated heterocycles. The van der Waals surface area contributed by atoms with Crippen molar-refractivity contribution in [2.45, 2.75) is 19.4 Å². The van der Waals surface area contributed by atoms with E-state index in [1.165, 1.54) is 9.58 Å². The largest absolute Gasteiger partial charge is 0.321 e. The number of anilines is 1. The van der Waals surface area contributed by atoms with E-state index in [1.54, 1.807) is 30.5 Å². The third-order valence-electron chi connectivity index (χ3n) is 4.45. The van der Waals surface area contributed by atoms with E-state index in [9.17, 15) is 14.4 Å². The molecule has 3 amide bonds. The number of imide groups is 1. The molecular formula is C20H17N5O3. The van der Waals surface area contributed by atoms with Gasteiger partial charge >= 0.3 is 0 Å². The Labute approximate surface area is 160 Å². The molecule has 3 aromatic rings. The second-order valence-electron chi connectivity index (χ2n) is 6.41. The fourth-order valence-corrected chi connectivity index (χ4v) is 2.95. The molecule has 2 heterocycles. The molecule has 1 aliphatic heterocycles. The number of benzene rings is 2. The molecule has 8 heteroatoms. The van der Waals surface area contributed by atoms with Gasteiger partial charge in [0.2, 0.25) is 11.8 Å². The average molecular weight is 375 g/mol. The van der Waals surface area contributed by atoms with Crippen molar-refractivity contribution in [1.29, 1.82) is 0 Å². The fraction of sp³-hybridized carbons (Fsp3) is 0.150. The van der Waals surface area contributed by atoms with Gasteiger partial charge in [0.25, 0.3) is 5.91 Å². The third kappa shape index (κ3) is 3.66. The highest BCUT2D eigenvalue weighted by molar-refractivity contribution is 6.03. The van der Waals surface area contributed by atoms with Crippen molar-refractivity contribution in [1.82, 2.24) is 19.9 Å². The molecule has 8 nitrogen and oxygen atoms in total. The quantitative estimate of drug-likeness (QED) is 0.690. The zero-order valence-corrected chi connectivity index (χ0v) is 14.9. The van der Waals surface area contributed by atoms with Gasteiger partial charge < -0.3 is 5.32 Å². The van der Waals surface area contributed by atoms with Crippen molar-refractivity contribution in [3.05, 3.63) is 72.1 Å². The summed E-state index contributed by atoms with van der Waals surface area (Å²) in [5.74, 6) is -0.674. The van der Waals surface area contributed by atoms with Crippen molar-refractivity contribution in [3.63, 3.8) is 0 Å². The predicted octanol–water partition coefficient (Wildman–Crippen LogP) is 2.17. The first-order chi connectivity index (χ1) is 13.6. The smallest absolute Gasteiger partial charge is 0.277 e. The van der Waals surface area contributed by atoms with Crippen molar-refractivity contribution in [3.8, 4) is 5.69 Å². The van der Waals surface area contributed by atoms with Crippen molar-refractivity contribution in [2.75, 3.05) is 5.32 Å². The molecule has 0 aliphatic carbocycles. The normalized spacial score (nSPS) is 13.8. The molecule has 1 N–H and O–H groups in total. The van der Waals surface area contributed by atoms with E-state index in [-0.39, 0.29) is 42.8 Å². The van der Waals surface area contributed by atoms with Crippen LogP contribution in [0.1, 0.15) is 28.9 Å². The van der Waals surface area contributed by atoms with E-state index in [0.717, 1.165) is 11.3 Å². The molecule has 1 fully saturated rings. The van der Waals surface area contributed by atoms with Gasteiger partial charge in [0.1, 0.15) is 0 Å². The number of likely N-dealkylation sites (tertiary alicyclic amines) is 1.